The zero-order chi connectivity index (χ0) is 15.3. The van der Waals surface area contributed by atoms with Crippen LogP contribution < -0.4 is 5.32 Å². The van der Waals surface area contributed by atoms with Gasteiger partial charge < -0.3 is 15.3 Å². The van der Waals surface area contributed by atoms with Crippen LogP contribution in [0.5, 0.6) is 0 Å². The van der Waals surface area contributed by atoms with Crippen LogP contribution in [0.25, 0.3) is 0 Å². The molecule has 0 heterocycles. The maximum atomic E-state index is 13.5. The molecular weight excluding hydrogens is 265 g/mol. The van der Waals surface area contributed by atoms with Crippen LogP contribution in [0.1, 0.15) is 17.3 Å². The summed E-state index contributed by atoms with van der Waals surface area (Å²) in [6, 6.07) is 4.47. The number of hydrogen-bond acceptors (Lipinski definition) is 3. The number of nitrogens with zero attached hydrogens (tertiary/aromatic N) is 2. The number of hydrogen-bond donors (Lipinski definition) is 2. The van der Waals surface area contributed by atoms with Crippen molar-refractivity contribution in [1.29, 1.82) is 5.26 Å². The lowest BCUT2D eigenvalue weighted by Crippen LogP contribution is -2.34. The predicted molar refractivity (Wildman–Crippen MR) is 69.8 cm³/mol. The Hall–Kier alpha value is -2.62. The van der Waals surface area contributed by atoms with E-state index in [9.17, 15) is 14.0 Å². The van der Waals surface area contributed by atoms with Crippen LogP contribution in [0, 0.1) is 23.1 Å². The van der Waals surface area contributed by atoms with Crippen LogP contribution >= 0.6 is 0 Å². The van der Waals surface area contributed by atoms with Crippen molar-refractivity contribution in [2.24, 2.45) is 5.92 Å². The molecule has 7 heteroatoms. The van der Waals surface area contributed by atoms with Crippen molar-refractivity contribution in [2.75, 3.05) is 18.9 Å². The summed E-state index contributed by atoms with van der Waals surface area (Å²) < 4.78 is 13.5. The third-order valence-electron chi connectivity index (χ3n) is 2.57. The molecule has 0 bridgehead atoms. The van der Waals surface area contributed by atoms with Gasteiger partial charge >= 0.3 is 12.0 Å². The van der Waals surface area contributed by atoms with Gasteiger partial charge in [-0.3, -0.25) is 0 Å². The SMILES string of the molecule is CC(C#N)CN(C)C(=O)Nc1cc(C(=O)O)ccc1F. The van der Waals surface area contributed by atoms with Crippen molar-refractivity contribution in [2.45, 2.75) is 6.92 Å². The number of carbonyl (C=O) groups excluding carboxylic acids is 1. The lowest BCUT2D eigenvalue weighted by atomic mass is 10.2. The Kier molecular flexibility index (Phi) is 5.03. The number of amides is 2. The van der Waals surface area contributed by atoms with Crippen molar-refractivity contribution in [3.05, 3.63) is 29.6 Å². The molecule has 1 aromatic carbocycles. The van der Waals surface area contributed by atoms with Gasteiger partial charge in [-0.25, -0.2) is 14.0 Å². The molecule has 0 aromatic heterocycles. The second-order valence-electron chi connectivity index (χ2n) is 4.34. The third kappa shape index (κ3) is 3.95. The van der Waals surface area contributed by atoms with Crippen LogP contribution in [0.4, 0.5) is 14.9 Å². The Labute approximate surface area is 115 Å². The van der Waals surface area contributed by atoms with Gasteiger partial charge in [0.2, 0.25) is 0 Å². The quantitative estimate of drug-likeness (QED) is 0.883. The molecule has 1 rings (SSSR count). The van der Waals surface area contributed by atoms with E-state index < -0.39 is 17.8 Å². The number of rotatable bonds is 4. The summed E-state index contributed by atoms with van der Waals surface area (Å²) in [5, 5.41) is 19.7. The molecule has 0 fully saturated rings. The van der Waals surface area contributed by atoms with Gasteiger partial charge in [0.15, 0.2) is 0 Å². The minimum Gasteiger partial charge on any atom is -0.478 e. The summed E-state index contributed by atoms with van der Waals surface area (Å²) in [6.07, 6.45) is 0. The van der Waals surface area contributed by atoms with E-state index in [1.807, 2.05) is 6.07 Å². The van der Waals surface area contributed by atoms with Gasteiger partial charge in [0.1, 0.15) is 5.82 Å². The molecule has 1 atom stereocenters. The van der Waals surface area contributed by atoms with E-state index in [0.717, 1.165) is 18.2 Å². The van der Waals surface area contributed by atoms with Gasteiger partial charge in [-0.2, -0.15) is 5.26 Å². The molecular formula is C13H14FN3O3. The summed E-state index contributed by atoms with van der Waals surface area (Å²) in [7, 11) is 1.46. The maximum absolute atomic E-state index is 13.5. The van der Waals surface area contributed by atoms with E-state index >= 15 is 0 Å². The van der Waals surface area contributed by atoms with Crippen molar-refractivity contribution < 1.29 is 19.1 Å². The Balaban J connectivity index is 2.82. The van der Waals surface area contributed by atoms with Gasteiger partial charge in [0.25, 0.3) is 0 Å². The number of halogens is 1. The van der Waals surface area contributed by atoms with Crippen LogP contribution in [0.15, 0.2) is 18.2 Å². The van der Waals surface area contributed by atoms with Crippen LogP contribution in [0.3, 0.4) is 0 Å². The largest absolute Gasteiger partial charge is 0.478 e. The van der Waals surface area contributed by atoms with Gasteiger partial charge in [-0.15, -0.1) is 0 Å². The van der Waals surface area contributed by atoms with Gasteiger partial charge in [0.05, 0.1) is 23.2 Å². The summed E-state index contributed by atoms with van der Waals surface area (Å²) in [4.78, 5) is 23.8. The molecule has 6 nitrogen and oxygen atoms in total. The molecule has 1 aromatic rings. The molecule has 0 saturated heterocycles. The normalized spacial score (nSPS) is 11.3. The van der Waals surface area contributed by atoms with Crippen molar-refractivity contribution in [3.8, 4) is 6.07 Å². The third-order valence-corrected chi connectivity index (χ3v) is 2.57. The molecule has 0 spiro atoms. The highest BCUT2D eigenvalue weighted by Gasteiger charge is 2.15. The highest BCUT2D eigenvalue weighted by molar-refractivity contribution is 5.93. The lowest BCUT2D eigenvalue weighted by Gasteiger charge is -2.19. The summed E-state index contributed by atoms with van der Waals surface area (Å²) in [5.41, 5.74) is -0.346. The Bertz CT molecular complexity index is 568. The van der Waals surface area contributed by atoms with Gasteiger partial charge in [0, 0.05) is 13.6 Å². The zero-order valence-corrected chi connectivity index (χ0v) is 11.1. The fourth-order valence-electron chi connectivity index (χ4n) is 1.50. The second kappa shape index (κ2) is 6.52. The van der Waals surface area contributed by atoms with Crippen molar-refractivity contribution in [1.82, 2.24) is 4.90 Å². The summed E-state index contributed by atoms with van der Waals surface area (Å²) in [6.45, 7) is 1.83. The highest BCUT2D eigenvalue weighted by atomic mass is 19.1. The molecule has 0 aliphatic heterocycles. The topological polar surface area (TPSA) is 93.4 Å². The number of urea groups is 1. The van der Waals surface area contributed by atoms with E-state index in [1.54, 1.807) is 6.92 Å². The number of nitriles is 1. The Morgan fingerprint density at radius 2 is 2.20 bits per heavy atom. The van der Waals surface area contributed by atoms with Crippen molar-refractivity contribution >= 4 is 17.7 Å². The first-order valence-electron chi connectivity index (χ1n) is 5.79. The molecule has 2 amide bonds. The highest BCUT2D eigenvalue weighted by Crippen LogP contribution is 2.17. The first kappa shape index (κ1) is 15.4. The average molecular weight is 279 g/mol. The lowest BCUT2D eigenvalue weighted by molar-refractivity contribution is 0.0697. The Morgan fingerprint density at radius 3 is 2.75 bits per heavy atom. The molecule has 2 N–H and O–H groups in total. The molecule has 1 unspecified atom stereocenters. The van der Waals surface area contributed by atoms with Crippen molar-refractivity contribution in [3.63, 3.8) is 0 Å². The number of benzene rings is 1. The maximum Gasteiger partial charge on any atom is 0.335 e. The fraction of sp³-hybridized carbons (Fsp3) is 0.308. The van der Waals surface area contributed by atoms with Gasteiger partial charge in [-0.05, 0) is 25.1 Å². The predicted octanol–water partition coefficient (Wildman–Crippen LogP) is 2.15. The summed E-state index contributed by atoms with van der Waals surface area (Å²) in [5.74, 6) is -2.31. The van der Waals surface area contributed by atoms with Crippen LogP contribution in [0.2, 0.25) is 0 Å². The molecule has 20 heavy (non-hydrogen) atoms. The van der Waals surface area contributed by atoms with E-state index in [2.05, 4.69) is 5.32 Å². The summed E-state index contributed by atoms with van der Waals surface area (Å²) >= 11 is 0. The number of carboxylic acid groups (broad SMARTS) is 1. The first-order chi connectivity index (χ1) is 9.35. The smallest absolute Gasteiger partial charge is 0.335 e. The van der Waals surface area contributed by atoms with E-state index in [-0.39, 0.29) is 23.7 Å². The second-order valence-corrected chi connectivity index (χ2v) is 4.34. The minimum atomic E-state index is -1.22. The number of aromatic carboxylic acids is 1. The number of carboxylic acids is 1. The molecule has 0 radical (unpaired) electrons. The molecule has 0 aliphatic carbocycles. The van der Waals surface area contributed by atoms with E-state index in [1.165, 1.54) is 11.9 Å². The van der Waals surface area contributed by atoms with Crippen LogP contribution in [-0.2, 0) is 0 Å². The molecule has 0 aliphatic rings. The monoisotopic (exact) mass is 279 g/mol. The molecule has 0 saturated carbocycles. The zero-order valence-electron chi connectivity index (χ0n) is 11.1. The van der Waals surface area contributed by atoms with Gasteiger partial charge in [-0.1, -0.05) is 0 Å². The number of anilines is 1. The number of nitrogens with one attached hydrogen (secondary N) is 1. The number of carbonyl (C=O) groups is 2. The average Bonchev–Trinajstić information content (AvgIpc) is 2.40. The van der Waals surface area contributed by atoms with E-state index in [4.69, 9.17) is 10.4 Å². The minimum absolute atomic E-state index is 0.130. The fourth-order valence-corrected chi connectivity index (χ4v) is 1.50. The Morgan fingerprint density at radius 1 is 1.55 bits per heavy atom. The molecule has 106 valence electrons. The standard InChI is InChI=1S/C13H14FN3O3/c1-8(6-15)7-17(2)13(20)16-11-5-9(12(18)19)3-4-10(11)14/h3-5,8H,7H2,1-2H3,(H,16,20)(H,18,19). The first-order valence-corrected chi connectivity index (χ1v) is 5.79. The van der Waals surface area contributed by atoms with E-state index in [0.29, 0.717) is 0 Å². The van der Waals surface area contributed by atoms with Crippen LogP contribution in [-0.4, -0.2) is 35.6 Å².